The van der Waals surface area contributed by atoms with Gasteiger partial charge in [0, 0.05) is 32.6 Å². The third kappa shape index (κ3) is 4.39. The molecule has 0 aromatic heterocycles. The summed E-state index contributed by atoms with van der Waals surface area (Å²) in [6, 6.07) is 11.2. The van der Waals surface area contributed by atoms with Gasteiger partial charge in [-0.1, -0.05) is 24.3 Å². The van der Waals surface area contributed by atoms with E-state index in [1.165, 1.54) is 34.6 Å². The summed E-state index contributed by atoms with van der Waals surface area (Å²) in [6.07, 6.45) is 0.751. The highest BCUT2D eigenvalue weighted by atomic mass is 32.2. The lowest BCUT2D eigenvalue weighted by Gasteiger charge is -2.32. The van der Waals surface area contributed by atoms with Crippen LogP contribution in [0.25, 0.3) is 0 Å². The zero-order chi connectivity index (χ0) is 20.3. The first-order valence-corrected chi connectivity index (χ1v) is 10.5. The van der Waals surface area contributed by atoms with Crippen LogP contribution in [0.4, 0.5) is 8.78 Å². The molecule has 2 aromatic carbocycles. The Morgan fingerprint density at radius 1 is 1.07 bits per heavy atom. The van der Waals surface area contributed by atoms with Gasteiger partial charge in [-0.3, -0.25) is 4.79 Å². The Hall–Kier alpha value is -2.32. The van der Waals surface area contributed by atoms with E-state index in [0.717, 1.165) is 11.6 Å². The number of hydrogen-bond acceptors (Lipinski definition) is 3. The SMILES string of the molecule is CN(Cc1ccc(F)cc1)C(=O)C1CCN(S(=O)(=O)c2ccccc2F)CC1. The minimum Gasteiger partial charge on any atom is -0.341 e. The molecular formula is C20H22F2N2O3S. The largest absolute Gasteiger partial charge is 0.341 e. The van der Waals surface area contributed by atoms with E-state index < -0.39 is 15.8 Å². The quantitative estimate of drug-likeness (QED) is 0.764. The van der Waals surface area contributed by atoms with Crippen molar-refractivity contribution < 1.29 is 22.0 Å². The molecule has 0 unspecified atom stereocenters. The maximum Gasteiger partial charge on any atom is 0.245 e. The number of sulfonamides is 1. The van der Waals surface area contributed by atoms with Gasteiger partial charge in [-0.25, -0.2) is 17.2 Å². The molecule has 3 rings (SSSR count). The molecule has 5 nitrogen and oxygen atoms in total. The van der Waals surface area contributed by atoms with E-state index in [0.29, 0.717) is 19.4 Å². The molecule has 1 heterocycles. The number of benzene rings is 2. The van der Waals surface area contributed by atoms with E-state index in [2.05, 4.69) is 0 Å². The highest BCUT2D eigenvalue weighted by Gasteiger charge is 2.34. The lowest BCUT2D eigenvalue weighted by atomic mass is 9.96. The Morgan fingerprint density at radius 2 is 1.68 bits per heavy atom. The number of carbonyl (C=O) groups excluding carboxylic acids is 1. The monoisotopic (exact) mass is 408 g/mol. The first kappa shape index (κ1) is 20.4. The van der Waals surface area contributed by atoms with Crippen LogP contribution in [0.15, 0.2) is 53.4 Å². The standard InChI is InChI=1S/C20H22F2N2O3S/c1-23(14-15-6-8-17(21)9-7-15)20(25)16-10-12-24(13-11-16)28(26,27)19-5-3-2-4-18(19)22/h2-9,16H,10-14H2,1H3. The number of piperidine rings is 1. The Kier molecular flexibility index (Phi) is 6.10. The Balaban J connectivity index is 1.60. The van der Waals surface area contributed by atoms with Gasteiger partial charge in [-0.2, -0.15) is 4.31 Å². The number of hydrogen-bond donors (Lipinski definition) is 0. The van der Waals surface area contributed by atoms with Gasteiger partial charge in [-0.05, 0) is 42.7 Å². The molecule has 1 amide bonds. The summed E-state index contributed by atoms with van der Waals surface area (Å²) in [5.41, 5.74) is 0.816. The zero-order valence-corrected chi connectivity index (χ0v) is 16.3. The van der Waals surface area contributed by atoms with Crippen LogP contribution in [-0.4, -0.2) is 43.7 Å². The molecule has 8 heteroatoms. The fourth-order valence-corrected chi connectivity index (χ4v) is 4.92. The Labute approximate surface area is 163 Å². The van der Waals surface area contributed by atoms with E-state index in [4.69, 9.17) is 0 Å². The van der Waals surface area contributed by atoms with Crippen LogP contribution < -0.4 is 0 Å². The van der Waals surface area contributed by atoms with E-state index in [1.54, 1.807) is 24.1 Å². The van der Waals surface area contributed by atoms with E-state index >= 15 is 0 Å². The number of rotatable bonds is 5. The number of halogens is 2. The van der Waals surface area contributed by atoms with Crippen molar-refractivity contribution in [2.75, 3.05) is 20.1 Å². The summed E-state index contributed by atoms with van der Waals surface area (Å²) in [5, 5.41) is 0. The van der Waals surface area contributed by atoms with E-state index in [9.17, 15) is 22.0 Å². The second-order valence-corrected chi connectivity index (χ2v) is 8.84. The van der Waals surface area contributed by atoms with Crippen LogP contribution in [0.2, 0.25) is 0 Å². The van der Waals surface area contributed by atoms with Crippen LogP contribution in [0.3, 0.4) is 0 Å². The second-order valence-electron chi connectivity index (χ2n) is 6.93. The van der Waals surface area contributed by atoms with Gasteiger partial charge in [0.15, 0.2) is 0 Å². The molecule has 0 radical (unpaired) electrons. The fourth-order valence-electron chi connectivity index (χ4n) is 3.39. The summed E-state index contributed by atoms with van der Waals surface area (Å²) in [6.45, 7) is 0.682. The molecule has 2 aromatic rings. The van der Waals surface area contributed by atoms with Crippen LogP contribution in [0.5, 0.6) is 0 Å². The third-order valence-electron chi connectivity index (χ3n) is 4.97. The van der Waals surface area contributed by atoms with Crippen molar-refractivity contribution in [3.63, 3.8) is 0 Å². The summed E-state index contributed by atoms with van der Waals surface area (Å²) < 4.78 is 53.4. The molecule has 0 saturated carbocycles. The van der Waals surface area contributed by atoms with Gasteiger partial charge < -0.3 is 4.90 Å². The summed E-state index contributed by atoms with van der Waals surface area (Å²) in [4.78, 5) is 13.9. The molecule has 0 atom stereocenters. The smallest absolute Gasteiger partial charge is 0.245 e. The first-order chi connectivity index (χ1) is 13.3. The highest BCUT2D eigenvalue weighted by molar-refractivity contribution is 7.89. The van der Waals surface area contributed by atoms with Gasteiger partial charge >= 0.3 is 0 Å². The lowest BCUT2D eigenvalue weighted by Crippen LogP contribution is -2.43. The van der Waals surface area contributed by atoms with Gasteiger partial charge in [-0.15, -0.1) is 0 Å². The van der Waals surface area contributed by atoms with Crippen molar-refractivity contribution in [3.8, 4) is 0 Å². The van der Waals surface area contributed by atoms with Crippen LogP contribution in [-0.2, 0) is 21.4 Å². The predicted molar refractivity (Wildman–Crippen MR) is 101 cm³/mol. The van der Waals surface area contributed by atoms with Crippen LogP contribution in [0.1, 0.15) is 18.4 Å². The molecule has 0 aliphatic carbocycles. The topological polar surface area (TPSA) is 57.7 Å². The first-order valence-electron chi connectivity index (χ1n) is 9.03. The van der Waals surface area contributed by atoms with Crippen molar-refractivity contribution in [1.29, 1.82) is 0 Å². The van der Waals surface area contributed by atoms with Crippen molar-refractivity contribution in [2.45, 2.75) is 24.3 Å². The summed E-state index contributed by atoms with van der Waals surface area (Å²) in [5.74, 6) is -1.48. The van der Waals surface area contributed by atoms with Crippen molar-refractivity contribution in [2.24, 2.45) is 5.92 Å². The van der Waals surface area contributed by atoms with E-state index in [-0.39, 0.29) is 35.6 Å². The molecule has 0 bridgehead atoms. The minimum absolute atomic E-state index is 0.0766. The molecule has 150 valence electrons. The summed E-state index contributed by atoms with van der Waals surface area (Å²) >= 11 is 0. The van der Waals surface area contributed by atoms with Crippen LogP contribution in [0, 0.1) is 17.6 Å². The molecule has 1 aliphatic heterocycles. The van der Waals surface area contributed by atoms with Gasteiger partial charge in [0.2, 0.25) is 15.9 Å². The van der Waals surface area contributed by atoms with E-state index in [1.807, 2.05) is 0 Å². The fraction of sp³-hybridized carbons (Fsp3) is 0.350. The average molecular weight is 408 g/mol. The molecule has 1 saturated heterocycles. The minimum atomic E-state index is -3.92. The molecule has 0 spiro atoms. The number of amides is 1. The van der Waals surface area contributed by atoms with Crippen molar-refractivity contribution >= 4 is 15.9 Å². The van der Waals surface area contributed by atoms with Gasteiger partial charge in [0.05, 0.1) is 0 Å². The number of carbonyl (C=O) groups is 1. The normalized spacial score (nSPS) is 16.1. The van der Waals surface area contributed by atoms with Gasteiger partial charge in [0.25, 0.3) is 0 Å². The van der Waals surface area contributed by atoms with Crippen molar-refractivity contribution in [1.82, 2.24) is 9.21 Å². The maximum atomic E-state index is 13.9. The maximum absolute atomic E-state index is 13.9. The zero-order valence-electron chi connectivity index (χ0n) is 15.5. The lowest BCUT2D eigenvalue weighted by molar-refractivity contribution is -0.135. The van der Waals surface area contributed by atoms with Crippen molar-refractivity contribution in [3.05, 3.63) is 65.7 Å². The second kappa shape index (κ2) is 8.36. The Morgan fingerprint density at radius 3 is 2.29 bits per heavy atom. The predicted octanol–water partition coefficient (Wildman–Crippen LogP) is 3.02. The average Bonchev–Trinajstić information content (AvgIpc) is 2.69. The number of nitrogens with zero attached hydrogens (tertiary/aromatic N) is 2. The summed E-state index contributed by atoms with van der Waals surface area (Å²) in [7, 11) is -2.24. The molecule has 1 aliphatic rings. The van der Waals surface area contributed by atoms with Gasteiger partial charge in [0.1, 0.15) is 16.5 Å². The van der Waals surface area contributed by atoms with Crippen LogP contribution >= 0.6 is 0 Å². The highest BCUT2D eigenvalue weighted by Crippen LogP contribution is 2.26. The third-order valence-corrected chi connectivity index (χ3v) is 6.90. The molecule has 1 fully saturated rings. The molecule has 28 heavy (non-hydrogen) atoms. The molecule has 0 N–H and O–H groups in total. The molecular weight excluding hydrogens is 386 g/mol. The Bertz CT molecular complexity index is 940.